The van der Waals surface area contributed by atoms with E-state index in [1.807, 2.05) is 0 Å². The van der Waals surface area contributed by atoms with Crippen LogP contribution in [0.25, 0.3) is 0 Å². The number of hydrogen-bond acceptors (Lipinski definition) is 8. The molecule has 0 bridgehead atoms. The summed E-state index contributed by atoms with van der Waals surface area (Å²) in [5, 5.41) is 0. The molecule has 8 nitrogen and oxygen atoms in total. The summed E-state index contributed by atoms with van der Waals surface area (Å²) >= 11 is -10.8. The second-order valence-corrected chi connectivity index (χ2v) is 7.70. The summed E-state index contributed by atoms with van der Waals surface area (Å²) in [6, 6.07) is 0. The van der Waals surface area contributed by atoms with E-state index in [-0.39, 0.29) is 0 Å². The quantitative estimate of drug-likeness (QED) is 0.192. The van der Waals surface area contributed by atoms with Gasteiger partial charge in [-0.1, -0.05) is 0 Å². The minimum atomic E-state index is -10.8. The van der Waals surface area contributed by atoms with Crippen molar-refractivity contribution in [1.82, 2.24) is 0 Å². The van der Waals surface area contributed by atoms with Crippen LogP contribution in [0.15, 0.2) is 0 Å². The molecule has 65 valence electrons. The van der Waals surface area contributed by atoms with Crippen molar-refractivity contribution in [1.29, 1.82) is 0 Å². The SMILES string of the molecule is [OH][Co]([OH])([OH])([OH])([OH])([OH])([OH])[OH]. The molecule has 0 aromatic carbocycles. The monoisotopic (exact) mass is 195 g/mol. The van der Waals surface area contributed by atoms with E-state index in [1.165, 1.54) is 0 Å². The Morgan fingerprint density at radius 3 is 0.444 bits per heavy atom. The molecular formula is H8CoO8. The molecule has 0 heterocycles. The van der Waals surface area contributed by atoms with Gasteiger partial charge in [0.05, 0.1) is 0 Å². The normalized spacial score (nSPS) is 31.1. The minimum absolute atomic E-state index is 7.40. The van der Waals surface area contributed by atoms with Crippen LogP contribution in [-0.2, 0) is 11.1 Å². The first-order valence-corrected chi connectivity index (χ1v) is 4.92. The molecule has 9 heteroatoms. The van der Waals surface area contributed by atoms with Crippen LogP contribution in [0.4, 0.5) is 0 Å². The van der Waals surface area contributed by atoms with Gasteiger partial charge in [0.1, 0.15) is 0 Å². The summed E-state index contributed by atoms with van der Waals surface area (Å²) in [5.41, 5.74) is 0. The zero-order valence-corrected chi connectivity index (χ0v) is 4.95. The van der Waals surface area contributed by atoms with Crippen molar-refractivity contribution in [3.8, 4) is 0 Å². The van der Waals surface area contributed by atoms with Gasteiger partial charge in [0.25, 0.3) is 0 Å². The molecule has 0 fully saturated rings. The zero-order valence-electron chi connectivity index (χ0n) is 3.91. The fraction of sp³-hybridized carbons (Fsp3) is 0. The molecule has 0 unspecified atom stereocenters. The molecule has 0 aromatic rings. The van der Waals surface area contributed by atoms with Crippen molar-refractivity contribution in [3.63, 3.8) is 0 Å². The van der Waals surface area contributed by atoms with E-state index in [2.05, 4.69) is 0 Å². The van der Waals surface area contributed by atoms with Gasteiger partial charge in [-0.15, -0.1) is 0 Å². The Morgan fingerprint density at radius 1 is 0.444 bits per heavy atom. The predicted molar refractivity (Wildman–Crippen MR) is 17.8 cm³/mol. The third-order valence-corrected chi connectivity index (χ3v) is 0. The van der Waals surface area contributed by atoms with E-state index in [4.69, 9.17) is 33.8 Å². The molecule has 0 atom stereocenters. The summed E-state index contributed by atoms with van der Waals surface area (Å²) in [4.78, 5) is 0. The first kappa shape index (κ1) is 9.19. The van der Waals surface area contributed by atoms with E-state index < -0.39 is 11.1 Å². The molecule has 0 saturated carbocycles. The molecule has 0 aliphatic rings. The van der Waals surface area contributed by atoms with Crippen molar-refractivity contribution in [2.45, 2.75) is 0 Å². The van der Waals surface area contributed by atoms with Crippen molar-refractivity contribution in [3.05, 3.63) is 0 Å². The number of rotatable bonds is 0. The summed E-state index contributed by atoms with van der Waals surface area (Å²) in [5.74, 6) is 0. The van der Waals surface area contributed by atoms with E-state index in [9.17, 15) is 0 Å². The summed E-state index contributed by atoms with van der Waals surface area (Å²) < 4.78 is 59.2. The molecular weight excluding hydrogens is 187 g/mol. The topological polar surface area (TPSA) is 162 Å². The predicted octanol–water partition coefficient (Wildman–Crippen LogP) is -4.46. The van der Waals surface area contributed by atoms with Crippen LogP contribution in [0.5, 0.6) is 0 Å². The summed E-state index contributed by atoms with van der Waals surface area (Å²) in [6.07, 6.45) is 0. The molecule has 8 N–H and O–H groups in total. The molecule has 0 rings (SSSR count). The van der Waals surface area contributed by atoms with Gasteiger partial charge >= 0.3 is 44.8 Å². The van der Waals surface area contributed by atoms with E-state index in [0.717, 1.165) is 0 Å². The third kappa shape index (κ3) is 9010. The Balaban J connectivity index is 5.84. The number of hydrogen-bond donors (Lipinski definition) is 8. The first-order valence-electron chi connectivity index (χ1n) is 1.19. The van der Waals surface area contributed by atoms with Crippen molar-refractivity contribution >= 4 is 0 Å². The maximum atomic E-state index is 7.40. The van der Waals surface area contributed by atoms with Crippen LogP contribution in [-0.4, -0.2) is 33.8 Å². The van der Waals surface area contributed by atoms with Crippen LogP contribution in [0.1, 0.15) is 0 Å². The third-order valence-electron chi connectivity index (χ3n) is 0. The molecule has 9 heavy (non-hydrogen) atoms. The average molecular weight is 195 g/mol. The van der Waals surface area contributed by atoms with Crippen LogP contribution in [0.3, 0.4) is 0 Å². The second kappa shape index (κ2) is 0.532. The Morgan fingerprint density at radius 2 is 0.444 bits per heavy atom. The Bertz CT molecular complexity index is 139. The van der Waals surface area contributed by atoms with Crippen molar-refractivity contribution < 1.29 is 44.8 Å². The van der Waals surface area contributed by atoms with Gasteiger partial charge in [-0.25, -0.2) is 0 Å². The molecule has 0 saturated heterocycles. The van der Waals surface area contributed by atoms with Crippen LogP contribution >= 0.6 is 0 Å². The fourth-order valence-electron chi connectivity index (χ4n) is 0. The van der Waals surface area contributed by atoms with Gasteiger partial charge in [0.15, 0.2) is 0 Å². The fourth-order valence-corrected chi connectivity index (χ4v) is 0. The molecule has 0 amide bonds. The first-order chi connectivity index (χ1) is 2.83. The Kier molecular flexibility index (Phi) is 0.543. The van der Waals surface area contributed by atoms with Crippen molar-refractivity contribution in [2.24, 2.45) is 0 Å². The summed E-state index contributed by atoms with van der Waals surface area (Å²) in [7, 11) is 0. The standard InChI is InChI=1S/Co.8H2O/h;8*1H2/q+8;;;;;;;;/p-8. The van der Waals surface area contributed by atoms with Gasteiger partial charge in [-0.3, -0.25) is 0 Å². The zero-order chi connectivity index (χ0) is 8.35. The molecule has 0 aromatic heterocycles. The van der Waals surface area contributed by atoms with Crippen LogP contribution < -0.4 is 0 Å². The molecule has 0 spiro atoms. The van der Waals surface area contributed by atoms with Gasteiger partial charge in [-0.2, -0.15) is 0 Å². The van der Waals surface area contributed by atoms with Gasteiger partial charge < -0.3 is 0 Å². The summed E-state index contributed by atoms with van der Waals surface area (Å²) in [6.45, 7) is 0. The van der Waals surface area contributed by atoms with Gasteiger partial charge in [-0.05, 0) is 0 Å². The Labute approximate surface area is 45.8 Å². The average Bonchev–Trinajstić information content (AvgIpc) is 0.503. The molecule has 0 aliphatic heterocycles. The van der Waals surface area contributed by atoms with Gasteiger partial charge in [0.2, 0.25) is 0 Å². The van der Waals surface area contributed by atoms with Crippen LogP contribution in [0, 0.1) is 0 Å². The van der Waals surface area contributed by atoms with Crippen LogP contribution in [0.2, 0.25) is 0 Å². The Hall–Kier alpha value is 0.186. The molecule has 0 radical (unpaired) electrons. The van der Waals surface area contributed by atoms with E-state index in [0.29, 0.717) is 0 Å². The maximum absolute atomic E-state index is 10.8. The van der Waals surface area contributed by atoms with Crippen molar-refractivity contribution in [2.75, 3.05) is 0 Å². The van der Waals surface area contributed by atoms with E-state index in [1.54, 1.807) is 0 Å². The molecule has 0 aliphatic carbocycles. The van der Waals surface area contributed by atoms with E-state index >= 15 is 0 Å². The van der Waals surface area contributed by atoms with Gasteiger partial charge in [0, 0.05) is 0 Å². The second-order valence-electron chi connectivity index (χ2n) is 1.87.